The fourth-order valence-electron chi connectivity index (χ4n) is 2.83. The molecule has 144 valence electrons. The maximum absolute atomic E-state index is 12.5. The number of benzene rings is 2. The lowest BCUT2D eigenvalue weighted by molar-refractivity contribution is 0.0546. The van der Waals surface area contributed by atoms with Gasteiger partial charge in [0.15, 0.2) is 0 Å². The number of nitrogens with zero attached hydrogens (tertiary/aromatic N) is 1. The highest BCUT2D eigenvalue weighted by atomic mass is 35.5. The summed E-state index contributed by atoms with van der Waals surface area (Å²) in [4.78, 5) is 14.0. The summed E-state index contributed by atoms with van der Waals surface area (Å²) in [5, 5.41) is 9.85. The quantitative estimate of drug-likeness (QED) is 0.780. The number of likely N-dealkylation sites (tertiary alicyclic amines) is 1. The van der Waals surface area contributed by atoms with Gasteiger partial charge < -0.3 is 10.0 Å². The number of piperidine rings is 1. The van der Waals surface area contributed by atoms with E-state index in [1.807, 2.05) is 0 Å². The third-order valence-corrected chi connectivity index (χ3v) is 6.42. The minimum atomic E-state index is -3.92. The number of halogens is 2. The Labute approximate surface area is 167 Å². The van der Waals surface area contributed by atoms with E-state index in [2.05, 4.69) is 4.72 Å². The summed E-state index contributed by atoms with van der Waals surface area (Å²) in [6.45, 7) is 1.00. The van der Waals surface area contributed by atoms with Crippen molar-refractivity contribution in [2.24, 2.45) is 0 Å². The third-order valence-electron chi connectivity index (χ3n) is 4.32. The predicted molar refractivity (Wildman–Crippen MR) is 105 cm³/mol. The van der Waals surface area contributed by atoms with Crippen molar-refractivity contribution in [2.75, 3.05) is 17.8 Å². The number of hydrogen-bond donors (Lipinski definition) is 2. The summed E-state index contributed by atoms with van der Waals surface area (Å²) in [5.74, 6) is -0.144. The van der Waals surface area contributed by atoms with Crippen molar-refractivity contribution in [1.29, 1.82) is 0 Å². The zero-order valence-electron chi connectivity index (χ0n) is 14.2. The van der Waals surface area contributed by atoms with Crippen LogP contribution >= 0.6 is 23.2 Å². The van der Waals surface area contributed by atoms with Gasteiger partial charge >= 0.3 is 0 Å². The molecule has 3 rings (SSSR count). The molecule has 1 amide bonds. The Morgan fingerprint density at radius 2 is 1.70 bits per heavy atom. The molecule has 2 aromatic carbocycles. The first-order chi connectivity index (χ1) is 12.8. The van der Waals surface area contributed by atoms with Crippen LogP contribution in [0.2, 0.25) is 10.0 Å². The molecule has 1 aliphatic rings. The molecule has 6 nitrogen and oxygen atoms in total. The standard InChI is InChI=1S/C18H18Cl2N2O4S/c19-13-3-6-16(20)17(11-13)27(25,26)21-14-4-1-12(2-5-14)18(24)22-9-7-15(23)8-10-22/h1-6,11,15,21,23H,7-10H2. The molecule has 0 saturated carbocycles. The van der Waals surface area contributed by atoms with Gasteiger partial charge in [-0.2, -0.15) is 0 Å². The van der Waals surface area contributed by atoms with Crippen molar-refractivity contribution in [1.82, 2.24) is 4.90 Å². The highest BCUT2D eigenvalue weighted by Gasteiger charge is 2.23. The zero-order valence-corrected chi connectivity index (χ0v) is 16.6. The van der Waals surface area contributed by atoms with Crippen LogP contribution in [-0.4, -0.2) is 43.5 Å². The highest BCUT2D eigenvalue weighted by Crippen LogP contribution is 2.27. The van der Waals surface area contributed by atoms with Gasteiger partial charge in [-0.05, 0) is 55.3 Å². The van der Waals surface area contributed by atoms with Crippen molar-refractivity contribution < 1.29 is 18.3 Å². The first-order valence-corrected chi connectivity index (χ1v) is 10.6. The molecular formula is C18H18Cl2N2O4S. The van der Waals surface area contributed by atoms with Crippen molar-refractivity contribution in [3.8, 4) is 0 Å². The van der Waals surface area contributed by atoms with Gasteiger partial charge in [-0.1, -0.05) is 23.2 Å². The molecule has 1 heterocycles. The second-order valence-corrected chi connectivity index (χ2v) is 8.78. The summed E-state index contributed by atoms with van der Waals surface area (Å²) >= 11 is 11.8. The number of nitrogens with one attached hydrogen (secondary N) is 1. The monoisotopic (exact) mass is 428 g/mol. The van der Waals surface area contributed by atoms with Gasteiger partial charge in [0.25, 0.3) is 15.9 Å². The summed E-state index contributed by atoms with van der Waals surface area (Å²) in [5.41, 5.74) is 0.756. The van der Waals surface area contributed by atoms with Crippen LogP contribution in [0.25, 0.3) is 0 Å². The fraction of sp³-hybridized carbons (Fsp3) is 0.278. The molecule has 27 heavy (non-hydrogen) atoms. The topological polar surface area (TPSA) is 86.7 Å². The number of aliphatic hydroxyl groups excluding tert-OH is 1. The number of amides is 1. The van der Waals surface area contributed by atoms with Gasteiger partial charge in [0.2, 0.25) is 0 Å². The minimum Gasteiger partial charge on any atom is -0.393 e. The molecule has 9 heteroatoms. The van der Waals surface area contributed by atoms with Gasteiger partial charge in [-0.3, -0.25) is 9.52 Å². The third kappa shape index (κ3) is 4.73. The maximum atomic E-state index is 12.5. The molecule has 0 unspecified atom stereocenters. The molecule has 0 spiro atoms. The Kier molecular flexibility index (Phi) is 5.95. The smallest absolute Gasteiger partial charge is 0.263 e. The van der Waals surface area contributed by atoms with E-state index in [0.717, 1.165) is 0 Å². The number of sulfonamides is 1. The average Bonchev–Trinajstić information content (AvgIpc) is 2.64. The van der Waals surface area contributed by atoms with Gasteiger partial charge in [-0.15, -0.1) is 0 Å². The van der Waals surface area contributed by atoms with Crippen LogP contribution in [0, 0.1) is 0 Å². The lowest BCUT2D eigenvalue weighted by Gasteiger charge is -2.29. The summed E-state index contributed by atoms with van der Waals surface area (Å²) in [6, 6.07) is 10.3. The largest absolute Gasteiger partial charge is 0.393 e. The Hall–Kier alpha value is -1.80. The van der Waals surface area contributed by atoms with E-state index in [-0.39, 0.29) is 27.0 Å². The number of carbonyl (C=O) groups excluding carboxylic acids is 1. The fourth-order valence-corrected chi connectivity index (χ4v) is 4.65. The zero-order chi connectivity index (χ0) is 19.6. The van der Waals surface area contributed by atoms with E-state index < -0.39 is 10.0 Å². The van der Waals surface area contributed by atoms with Crippen molar-refractivity contribution in [3.63, 3.8) is 0 Å². The Bertz CT molecular complexity index is 940. The Morgan fingerprint density at radius 3 is 2.33 bits per heavy atom. The summed E-state index contributed by atoms with van der Waals surface area (Å²) in [6.07, 6.45) is 0.762. The molecule has 0 aromatic heterocycles. The molecule has 1 fully saturated rings. The highest BCUT2D eigenvalue weighted by molar-refractivity contribution is 7.92. The number of rotatable bonds is 4. The van der Waals surface area contributed by atoms with Crippen molar-refractivity contribution in [3.05, 3.63) is 58.1 Å². The molecular weight excluding hydrogens is 411 g/mol. The Balaban J connectivity index is 1.74. The van der Waals surface area contributed by atoms with Crippen LogP contribution in [0.15, 0.2) is 47.4 Å². The number of aliphatic hydroxyl groups is 1. The van der Waals surface area contributed by atoms with Gasteiger partial charge in [0.1, 0.15) is 4.90 Å². The van der Waals surface area contributed by atoms with Crippen LogP contribution in [0.1, 0.15) is 23.2 Å². The number of carbonyl (C=O) groups is 1. The van der Waals surface area contributed by atoms with Crippen LogP contribution in [0.5, 0.6) is 0 Å². The molecule has 0 atom stereocenters. The molecule has 2 aromatic rings. The lowest BCUT2D eigenvalue weighted by Crippen LogP contribution is -2.40. The lowest BCUT2D eigenvalue weighted by atomic mass is 10.1. The van der Waals surface area contributed by atoms with E-state index in [1.54, 1.807) is 17.0 Å². The van der Waals surface area contributed by atoms with Crippen LogP contribution in [0.4, 0.5) is 5.69 Å². The number of hydrogen-bond acceptors (Lipinski definition) is 4. The van der Waals surface area contributed by atoms with E-state index >= 15 is 0 Å². The summed E-state index contributed by atoms with van der Waals surface area (Å²) < 4.78 is 27.5. The van der Waals surface area contributed by atoms with E-state index in [1.165, 1.54) is 30.3 Å². The minimum absolute atomic E-state index is 0.0611. The maximum Gasteiger partial charge on any atom is 0.263 e. The van der Waals surface area contributed by atoms with Crippen molar-refractivity contribution in [2.45, 2.75) is 23.8 Å². The molecule has 0 bridgehead atoms. The molecule has 0 aliphatic carbocycles. The molecule has 0 radical (unpaired) electrons. The second kappa shape index (κ2) is 8.06. The van der Waals surface area contributed by atoms with Crippen LogP contribution in [0.3, 0.4) is 0 Å². The van der Waals surface area contributed by atoms with Crippen molar-refractivity contribution >= 4 is 44.8 Å². The number of anilines is 1. The first kappa shape index (κ1) is 19.9. The molecule has 2 N–H and O–H groups in total. The van der Waals surface area contributed by atoms with E-state index in [4.69, 9.17) is 23.2 Å². The normalized spacial score (nSPS) is 15.6. The second-order valence-electron chi connectivity index (χ2n) is 6.28. The van der Waals surface area contributed by atoms with Gasteiger partial charge in [0.05, 0.1) is 11.1 Å². The van der Waals surface area contributed by atoms with E-state index in [9.17, 15) is 18.3 Å². The molecule has 1 saturated heterocycles. The first-order valence-electron chi connectivity index (χ1n) is 8.31. The van der Waals surface area contributed by atoms with E-state index in [0.29, 0.717) is 37.2 Å². The summed E-state index contributed by atoms with van der Waals surface area (Å²) in [7, 11) is -3.92. The Morgan fingerprint density at radius 1 is 1.07 bits per heavy atom. The molecule has 1 aliphatic heterocycles. The SMILES string of the molecule is O=C(c1ccc(NS(=O)(=O)c2cc(Cl)ccc2Cl)cc1)N1CCC(O)CC1. The van der Waals surface area contributed by atoms with Crippen LogP contribution in [-0.2, 0) is 10.0 Å². The van der Waals surface area contributed by atoms with Crippen LogP contribution < -0.4 is 4.72 Å². The predicted octanol–water partition coefficient (Wildman–Crippen LogP) is 3.39. The van der Waals surface area contributed by atoms with Gasteiger partial charge in [0, 0.05) is 29.4 Å². The average molecular weight is 429 g/mol. The van der Waals surface area contributed by atoms with Gasteiger partial charge in [-0.25, -0.2) is 8.42 Å².